The van der Waals surface area contributed by atoms with E-state index in [1.807, 2.05) is 0 Å². The van der Waals surface area contributed by atoms with Gasteiger partial charge in [-0.2, -0.15) is 5.10 Å². The molecule has 1 aromatic carbocycles. The van der Waals surface area contributed by atoms with Gasteiger partial charge in [-0.3, -0.25) is 4.68 Å². The molecule has 3 heteroatoms. The minimum Gasteiger partial charge on any atom is -0.313 e. The number of hydrogen-bond donors (Lipinski definition) is 1. The molecule has 0 aliphatic heterocycles. The molecular formula is C18H25N3. The monoisotopic (exact) mass is 283 g/mol. The fourth-order valence-corrected chi connectivity index (χ4v) is 3.36. The molecule has 0 bridgehead atoms. The van der Waals surface area contributed by atoms with Crippen LogP contribution in [0.3, 0.4) is 0 Å². The zero-order chi connectivity index (χ0) is 14.7. The normalized spacial score (nSPS) is 17.7. The maximum Gasteiger partial charge on any atom is 0.0638 e. The molecule has 3 rings (SSSR count). The first-order chi connectivity index (χ1) is 10.3. The van der Waals surface area contributed by atoms with Gasteiger partial charge in [0.05, 0.1) is 5.69 Å². The Balaban J connectivity index is 1.75. The number of nitrogens with zero attached hydrogens (tertiary/aromatic N) is 2. The van der Waals surface area contributed by atoms with Crippen molar-refractivity contribution in [2.45, 2.75) is 52.1 Å². The molecule has 1 aromatic heterocycles. The number of benzene rings is 1. The van der Waals surface area contributed by atoms with Gasteiger partial charge in [-0.1, -0.05) is 31.2 Å². The molecule has 1 heterocycles. The van der Waals surface area contributed by atoms with Gasteiger partial charge in [0.1, 0.15) is 0 Å². The van der Waals surface area contributed by atoms with E-state index >= 15 is 0 Å². The van der Waals surface area contributed by atoms with E-state index in [9.17, 15) is 0 Å². The van der Waals surface area contributed by atoms with Crippen molar-refractivity contribution in [2.75, 3.05) is 6.54 Å². The molecular weight excluding hydrogens is 258 g/mol. The van der Waals surface area contributed by atoms with Gasteiger partial charge >= 0.3 is 0 Å². The lowest BCUT2D eigenvalue weighted by molar-refractivity contribution is 0.456. The van der Waals surface area contributed by atoms with Gasteiger partial charge in [0.2, 0.25) is 0 Å². The van der Waals surface area contributed by atoms with Crippen LogP contribution in [0.15, 0.2) is 30.5 Å². The van der Waals surface area contributed by atoms with Crippen molar-refractivity contribution in [1.82, 2.24) is 15.1 Å². The third kappa shape index (κ3) is 3.18. The quantitative estimate of drug-likeness (QED) is 0.911. The SMILES string of the molecule is CCNCc1cn(CC2CCCc3ccccc32)nc1C. The highest BCUT2D eigenvalue weighted by atomic mass is 15.3. The first-order valence-corrected chi connectivity index (χ1v) is 8.09. The minimum absolute atomic E-state index is 0.612. The van der Waals surface area contributed by atoms with Gasteiger partial charge in [-0.25, -0.2) is 0 Å². The summed E-state index contributed by atoms with van der Waals surface area (Å²) in [4.78, 5) is 0. The fraction of sp³-hybridized carbons (Fsp3) is 0.500. The summed E-state index contributed by atoms with van der Waals surface area (Å²) in [6.45, 7) is 7.17. The van der Waals surface area contributed by atoms with Crippen molar-refractivity contribution < 1.29 is 0 Å². The van der Waals surface area contributed by atoms with Gasteiger partial charge in [0.25, 0.3) is 0 Å². The summed E-state index contributed by atoms with van der Waals surface area (Å²) >= 11 is 0. The second kappa shape index (κ2) is 6.44. The number of aryl methyl sites for hydroxylation is 2. The maximum absolute atomic E-state index is 4.71. The number of fused-ring (bicyclic) bond motifs is 1. The van der Waals surface area contributed by atoms with Gasteiger partial charge in [-0.15, -0.1) is 0 Å². The maximum atomic E-state index is 4.71. The van der Waals surface area contributed by atoms with Crippen LogP contribution in [0.2, 0.25) is 0 Å². The standard InChI is InChI=1S/C18H25N3/c1-3-19-11-17-13-21(20-14(17)2)12-16-9-6-8-15-7-4-5-10-18(15)16/h4-5,7,10,13,16,19H,3,6,8-9,11-12H2,1-2H3. The van der Waals surface area contributed by atoms with Crippen molar-refractivity contribution in [3.05, 3.63) is 52.8 Å². The second-order valence-electron chi connectivity index (χ2n) is 6.03. The number of nitrogens with one attached hydrogen (secondary N) is 1. The first kappa shape index (κ1) is 14.3. The molecule has 1 atom stereocenters. The van der Waals surface area contributed by atoms with Crippen LogP contribution in [-0.2, 0) is 19.5 Å². The highest BCUT2D eigenvalue weighted by molar-refractivity contribution is 5.32. The zero-order valence-corrected chi connectivity index (χ0v) is 13.1. The fourth-order valence-electron chi connectivity index (χ4n) is 3.36. The molecule has 112 valence electrons. The molecule has 0 fully saturated rings. The van der Waals surface area contributed by atoms with Gasteiger partial charge < -0.3 is 5.32 Å². The summed E-state index contributed by atoms with van der Waals surface area (Å²) in [5.74, 6) is 0.612. The number of hydrogen-bond acceptors (Lipinski definition) is 2. The van der Waals surface area contributed by atoms with E-state index in [4.69, 9.17) is 5.10 Å². The molecule has 0 amide bonds. The average molecular weight is 283 g/mol. The van der Waals surface area contributed by atoms with Crippen molar-refractivity contribution in [3.8, 4) is 0 Å². The third-order valence-corrected chi connectivity index (χ3v) is 4.51. The first-order valence-electron chi connectivity index (χ1n) is 8.09. The van der Waals surface area contributed by atoms with Crippen LogP contribution in [0.4, 0.5) is 0 Å². The van der Waals surface area contributed by atoms with E-state index in [-0.39, 0.29) is 0 Å². The lowest BCUT2D eigenvalue weighted by atomic mass is 9.83. The van der Waals surface area contributed by atoms with Gasteiger partial charge in [-0.05, 0) is 43.9 Å². The molecule has 1 N–H and O–H groups in total. The van der Waals surface area contributed by atoms with Crippen LogP contribution in [-0.4, -0.2) is 16.3 Å². The van der Waals surface area contributed by atoms with Gasteiger partial charge in [0.15, 0.2) is 0 Å². The molecule has 1 aliphatic rings. The summed E-state index contributed by atoms with van der Waals surface area (Å²) < 4.78 is 2.15. The van der Waals surface area contributed by atoms with Crippen molar-refractivity contribution >= 4 is 0 Å². The molecule has 3 nitrogen and oxygen atoms in total. The smallest absolute Gasteiger partial charge is 0.0638 e. The minimum atomic E-state index is 0.612. The van der Waals surface area contributed by atoms with E-state index in [1.54, 1.807) is 0 Å². The molecule has 0 spiro atoms. The number of aromatic nitrogens is 2. The van der Waals surface area contributed by atoms with Crippen molar-refractivity contribution in [3.63, 3.8) is 0 Å². The largest absolute Gasteiger partial charge is 0.313 e. The van der Waals surface area contributed by atoms with Gasteiger partial charge in [0, 0.05) is 30.8 Å². The van der Waals surface area contributed by atoms with E-state index in [0.29, 0.717) is 5.92 Å². The highest BCUT2D eigenvalue weighted by Gasteiger charge is 2.20. The second-order valence-corrected chi connectivity index (χ2v) is 6.03. The predicted octanol–water partition coefficient (Wildman–Crippen LogP) is 3.42. The zero-order valence-electron chi connectivity index (χ0n) is 13.1. The third-order valence-electron chi connectivity index (χ3n) is 4.51. The van der Waals surface area contributed by atoms with Crippen LogP contribution in [0.5, 0.6) is 0 Å². The Morgan fingerprint density at radius 2 is 2.19 bits per heavy atom. The van der Waals surface area contributed by atoms with E-state index in [1.165, 1.54) is 36.0 Å². The van der Waals surface area contributed by atoms with Crippen LogP contribution in [0, 0.1) is 6.92 Å². The Morgan fingerprint density at radius 3 is 3.05 bits per heavy atom. The molecule has 0 radical (unpaired) electrons. The van der Waals surface area contributed by atoms with Crippen molar-refractivity contribution in [1.29, 1.82) is 0 Å². The van der Waals surface area contributed by atoms with Crippen LogP contribution < -0.4 is 5.32 Å². The summed E-state index contributed by atoms with van der Waals surface area (Å²) in [5, 5.41) is 8.09. The van der Waals surface area contributed by atoms with E-state index < -0.39 is 0 Å². The summed E-state index contributed by atoms with van der Waals surface area (Å²) in [6.07, 6.45) is 6.02. The van der Waals surface area contributed by atoms with Crippen molar-refractivity contribution in [2.24, 2.45) is 0 Å². The van der Waals surface area contributed by atoms with E-state index in [2.05, 4.69) is 54.3 Å². The molecule has 1 aliphatic carbocycles. The Bertz CT molecular complexity index is 600. The lowest BCUT2D eigenvalue weighted by Gasteiger charge is -2.25. The lowest BCUT2D eigenvalue weighted by Crippen LogP contribution is -2.16. The number of rotatable bonds is 5. The van der Waals surface area contributed by atoms with Crippen LogP contribution >= 0.6 is 0 Å². The topological polar surface area (TPSA) is 29.9 Å². The Labute approximate surface area is 127 Å². The summed E-state index contributed by atoms with van der Waals surface area (Å²) in [5.41, 5.74) is 5.54. The van der Waals surface area contributed by atoms with E-state index in [0.717, 1.165) is 25.3 Å². The average Bonchev–Trinajstić information content (AvgIpc) is 2.85. The van der Waals surface area contributed by atoms with Crippen LogP contribution in [0.25, 0.3) is 0 Å². The molecule has 1 unspecified atom stereocenters. The molecule has 21 heavy (non-hydrogen) atoms. The molecule has 0 saturated carbocycles. The highest BCUT2D eigenvalue weighted by Crippen LogP contribution is 2.32. The van der Waals surface area contributed by atoms with Crippen LogP contribution in [0.1, 0.15) is 48.1 Å². The molecule has 2 aromatic rings. The molecule has 0 saturated heterocycles. The summed E-state index contributed by atoms with van der Waals surface area (Å²) in [6, 6.07) is 8.91. The predicted molar refractivity (Wildman–Crippen MR) is 86.5 cm³/mol. The Morgan fingerprint density at radius 1 is 1.33 bits per heavy atom. The Kier molecular flexibility index (Phi) is 4.39. The Hall–Kier alpha value is -1.61. The summed E-state index contributed by atoms with van der Waals surface area (Å²) in [7, 11) is 0.